The molecular weight excluding hydrogens is 430 g/mol. The number of methoxy groups -OCH3 is 1. The summed E-state index contributed by atoms with van der Waals surface area (Å²) in [4.78, 5) is 33.2. The number of aromatic nitrogens is 3. The molecule has 3 aromatic rings. The fourth-order valence-electron chi connectivity index (χ4n) is 5.33. The Labute approximate surface area is 198 Å². The third kappa shape index (κ3) is 4.40. The van der Waals surface area contributed by atoms with Crippen molar-refractivity contribution in [1.82, 2.24) is 19.7 Å². The van der Waals surface area contributed by atoms with Crippen molar-refractivity contribution >= 4 is 17.6 Å². The number of pyridine rings is 1. The first kappa shape index (κ1) is 22.1. The summed E-state index contributed by atoms with van der Waals surface area (Å²) in [5.41, 5.74) is 1.38. The van der Waals surface area contributed by atoms with Gasteiger partial charge in [-0.05, 0) is 49.4 Å². The average Bonchev–Trinajstić information content (AvgIpc) is 3.48. The molecule has 2 amide bonds. The van der Waals surface area contributed by atoms with Gasteiger partial charge in [0.05, 0.1) is 24.9 Å². The molecule has 0 radical (unpaired) electrons. The Morgan fingerprint density at radius 2 is 1.91 bits per heavy atom. The lowest BCUT2D eigenvalue weighted by Gasteiger charge is -2.33. The molecule has 3 atom stereocenters. The minimum absolute atomic E-state index is 0.0728. The standard InChI is InChI=1S/C26H29N5O3/c1-34-23-12-5-3-10-20(23)26(33)31-21-11-4-2-8-18(21)16-22(31)25(32)28-24-13-15-30(29-24)17-19-9-6-7-14-27-19/h3,5-7,9-10,12-15,18,21-22H,2,4,8,11,16-17H2,1H3,(H,28,29,32). The molecule has 0 bridgehead atoms. The number of fused-ring (bicyclic) bond motifs is 1. The maximum Gasteiger partial charge on any atom is 0.258 e. The molecular formula is C26H29N5O3. The fraction of sp³-hybridized carbons (Fsp3) is 0.385. The predicted molar refractivity (Wildman–Crippen MR) is 128 cm³/mol. The number of nitrogens with zero attached hydrogens (tertiary/aromatic N) is 4. The van der Waals surface area contributed by atoms with Crippen molar-refractivity contribution in [3.05, 3.63) is 72.2 Å². The van der Waals surface area contributed by atoms with Gasteiger partial charge in [-0.15, -0.1) is 0 Å². The number of amides is 2. The summed E-state index contributed by atoms with van der Waals surface area (Å²) in [6, 6.07) is 14.3. The van der Waals surface area contributed by atoms with Gasteiger partial charge >= 0.3 is 0 Å². The lowest BCUT2D eigenvalue weighted by Crippen LogP contribution is -2.48. The number of carbonyl (C=O) groups excluding carboxylic acids is 2. The smallest absolute Gasteiger partial charge is 0.258 e. The molecule has 3 heterocycles. The number of carbonyl (C=O) groups is 2. The van der Waals surface area contributed by atoms with Crippen molar-refractivity contribution in [2.24, 2.45) is 5.92 Å². The lowest BCUT2D eigenvalue weighted by atomic mass is 9.84. The van der Waals surface area contributed by atoms with Gasteiger partial charge in [-0.2, -0.15) is 5.10 Å². The van der Waals surface area contributed by atoms with Crippen LogP contribution in [0.5, 0.6) is 5.75 Å². The lowest BCUT2D eigenvalue weighted by molar-refractivity contribution is -0.120. The van der Waals surface area contributed by atoms with E-state index in [9.17, 15) is 9.59 Å². The van der Waals surface area contributed by atoms with Crippen molar-refractivity contribution in [2.75, 3.05) is 12.4 Å². The molecule has 8 nitrogen and oxygen atoms in total. The zero-order chi connectivity index (χ0) is 23.5. The molecule has 34 heavy (non-hydrogen) atoms. The number of hydrogen-bond donors (Lipinski definition) is 1. The Hall–Kier alpha value is -3.68. The highest BCUT2D eigenvalue weighted by Crippen LogP contribution is 2.41. The van der Waals surface area contributed by atoms with Crippen LogP contribution in [0.3, 0.4) is 0 Å². The van der Waals surface area contributed by atoms with E-state index in [1.165, 1.54) is 0 Å². The van der Waals surface area contributed by atoms with E-state index < -0.39 is 6.04 Å². The van der Waals surface area contributed by atoms with Gasteiger partial charge in [0, 0.05) is 24.5 Å². The molecule has 1 aliphatic heterocycles. The molecule has 2 aliphatic rings. The largest absolute Gasteiger partial charge is 0.496 e. The van der Waals surface area contributed by atoms with Gasteiger partial charge in [0.25, 0.3) is 5.91 Å². The molecule has 1 saturated carbocycles. The number of likely N-dealkylation sites (tertiary alicyclic amines) is 1. The second-order valence-electron chi connectivity index (χ2n) is 8.98. The third-order valence-corrected chi connectivity index (χ3v) is 6.90. The molecule has 5 rings (SSSR count). The first-order valence-electron chi connectivity index (χ1n) is 11.8. The number of hydrogen-bond acceptors (Lipinski definition) is 5. The Morgan fingerprint density at radius 1 is 1.09 bits per heavy atom. The molecule has 1 saturated heterocycles. The van der Waals surface area contributed by atoms with Crippen LogP contribution in [-0.2, 0) is 11.3 Å². The van der Waals surface area contributed by atoms with Gasteiger partial charge in [0.15, 0.2) is 5.82 Å². The normalized spacial score (nSPS) is 21.7. The highest BCUT2D eigenvalue weighted by Gasteiger charge is 2.48. The van der Waals surface area contributed by atoms with Crippen LogP contribution in [0, 0.1) is 5.92 Å². The van der Waals surface area contributed by atoms with Gasteiger partial charge in [-0.25, -0.2) is 0 Å². The van der Waals surface area contributed by atoms with E-state index in [0.29, 0.717) is 36.0 Å². The number of rotatable bonds is 6. The van der Waals surface area contributed by atoms with E-state index in [4.69, 9.17) is 4.74 Å². The van der Waals surface area contributed by atoms with Gasteiger partial charge in [-0.1, -0.05) is 31.0 Å². The van der Waals surface area contributed by atoms with Crippen molar-refractivity contribution in [3.63, 3.8) is 0 Å². The molecule has 0 spiro atoms. The molecule has 2 aromatic heterocycles. The van der Waals surface area contributed by atoms with E-state index >= 15 is 0 Å². The average molecular weight is 460 g/mol. The topological polar surface area (TPSA) is 89.4 Å². The first-order chi connectivity index (χ1) is 16.6. The Kier molecular flexibility index (Phi) is 6.29. The van der Waals surface area contributed by atoms with Crippen LogP contribution in [0.4, 0.5) is 5.82 Å². The van der Waals surface area contributed by atoms with E-state index in [0.717, 1.165) is 31.4 Å². The van der Waals surface area contributed by atoms with Crippen molar-refractivity contribution in [1.29, 1.82) is 0 Å². The fourth-order valence-corrected chi connectivity index (χ4v) is 5.33. The summed E-state index contributed by atoms with van der Waals surface area (Å²) in [5, 5.41) is 7.43. The molecule has 8 heteroatoms. The van der Waals surface area contributed by atoms with Crippen LogP contribution in [0.15, 0.2) is 60.9 Å². The van der Waals surface area contributed by atoms with Crippen LogP contribution in [0.1, 0.15) is 48.2 Å². The quantitative estimate of drug-likeness (QED) is 0.607. The van der Waals surface area contributed by atoms with Gasteiger partial charge < -0.3 is 15.0 Å². The van der Waals surface area contributed by atoms with Gasteiger partial charge in [-0.3, -0.25) is 19.3 Å². The Balaban J connectivity index is 1.35. The highest BCUT2D eigenvalue weighted by molar-refractivity contribution is 6.02. The van der Waals surface area contributed by atoms with Crippen molar-refractivity contribution < 1.29 is 14.3 Å². The molecule has 1 N–H and O–H groups in total. The maximum atomic E-state index is 13.7. The van der Waals surface area contributed by atoms with Crippen molar-refractivity contribution in [2.45, 2.75) is 50.7 Å². The highest BCUT2D eigenvalue weighted by atomic mass is 16.5. The predicted octanol–water partition coefficient (Wildman–Crippen LogP) is 3.75. The van der Waals surface area contributed by atoms with Crippen LogP contribution in [0.2, 0.25) is 0 Å². The summed E-state index contributed by atoms with van der Waals surface area (Å²) >= 11 is 0. The first-order valence-corrected chi connectivity index (χ1v) is 11.8. The summed E-state index contributed by atoms with van der Waals surface area (Å²) in [7, 11) is 1.56. The maximum absolute atomic E-state index is 13.7. The summed E-state index contributed by atoms with van der Waals surface area (Å²) in [5.74, 6) is 0.998. The van der Waals surface area contributed by atoms with Crippen LogP contribution < -0.4 is 10.1 Å². The summed E-state index contributed by atoms with van der Waals surface area (Å²) in [6.07, 6.45) is 8.42. The van der Waals surface area contributed by atoms with Crippen LogP contribution >= 0.6 is 0 Å². The molecule has 2 fully saturated rings. The summed E-state index contributed by atoms with van der Waals surface area (Å²) < 4.78 is 7.18. The van der Waals surface area contributed by atoms with E-state index in [1.807, 2.05) is 41.4 Å². The van der Waals surface area contributed by atoms with E-state index in [2.05, 4.69) is 15.4 Å². The zero-order valence-corrected chi connectivity index (χ0v) is 19.3. The van der Waals surface area contributed by atoms with Gasteiger partial charge in [0.1, 0.15) is 11.8 Å². The number of ether oxygens (including phenoxy) is 1. The zero-order valence-electron chi connectivity index (χ0n) is 19.3. The van der Waals surface area contributed by atoms with Crippen LogP contribution in [-0.4, -0.2) is 50.7 Å². The number of anilines is 1. The minimum atomic E-state index is -0.536. The minimum Gasteiger partial charge on any atom is -0.496 e. The summed E-state index contributed by atoms with van der Waals surface area (Å²) in [6.45, 7) is 0.517. The van der Waals surface area contributed by atoms with E-state index in [-0.39, 0.29) is 17.9 Å². The second-order valence-corrected chi connectivity index (χ2v) is 8.98. The number of nitrogens with one attached hydrogen (secondary N) is 1. The van der Waals surface area contributed by atoms with E-state index in [1.54, 1.807) is 36.2 Å². The third-order valence-electron chi connectivity index (χ3n) is 6.90. The number of benzene rings is 1. The molecule has 176 valence electrons. The molecule has 3 unspecified atom stereocenters. The van der Waals surface area contributed by atoms with Crippen molar-refractivity contribution in [3.8, 4) is 5.75 Å². The van der Waals surface area contributed by atoms with Crippen LogP contribution in [0.25, 0.3) is 0 Å². The number of para-hydroxylation sites is 1. The molecule has 1 aliphatic carbocycles. The molecule has 1 aromatic carbocycles. The second kappa shape index (κ2) is 9.67. The SMILES string of the molecule is COc1ccccc1C(=O)N1C(C(=O)Nc2ccn(Cc3ccccn3)n2)CC2CCCCC21. The van der Waals surface area contributed by atoms with Gasteiger partial charge in [0.2, 0.25) is 5.91 Å². The monoisotopic (exact) mass is 459 g/mol. The Morgan fingerprint density at radius 3 is 2.74 bits per heavy atom. The Bertz CT molecular complexity index is 1160.